The van der Waals surface area contributed by atoms with Gasteiger partial charge in [-0.05, 0) is 17.7 Å². The van der Waals surface area contributed by atoms with Gasteiger partial charge in [-0.15, -0.1) is 11.3 Å². The Kier molecular flexibility index (Phi) is 8.45. The summed E-state index contributed by atoms with van der Waals surface area (Å²) in [5, 5.41) is 12.3. The summed E-state index contributed by atoms with van der Waals surface area (Å²) >= 11 is 1.15. The quantitative estimate of drug-likeness (QED) is 0.536. The summed E-state index contributed by atoms with van der Waals surface area (Å²) in [6, 6.07) is 14.4. The first-order valence-corrected chi connectivity index (χ1v) is 9.30. The first-order valence-electron chi connectivity index (χ1n) is 8.49. The molecule has 0 aliphatic heterocycles. The predicted molar refractivity (Wildman–Crippen MR) is 108 cm³/mol. The van der Waals surface area contributed by atoms with Gasteiger partial charge in [0.25, 0.3) is 0 Å². The van der Waals surface area contributed by atoms with Crippen LogP contribution in [0, 0.1) is 11.6 Å². The van der Waals surface area contributed by atoms with E-state index < -0.39 is 17.6 Å². The zero-order valence-electron chi connectivity index (χ0n) is 15.5. The molecule has 1 aromatic heterocycles. The van der Waals surface area contributed by atoms with Gasteiger partial charge in [0.1, 0.15) is 29.4 Å². The third-order valence-corrected chi connectivity index (χ3v) is 4.88. The van der Waals surface area contributed by atoms with Gasteiger partial charge in [-0.1, -0.05) is 36.4 Å². The number of hydrogen-bond acceptors (Lipinski definition) is 5. The summed E-state index contributed by atoms with van der Waals surface area (Å²) in [5.74, 6) is -2.37. The fourth-order valence-corrected chi connectivity index (χ4v) is 3.33. The first kappa shape index (κ1) is 22.2. The predicted octanol–water partition coefficient (Wildman–Crippen LogP) is 4.84. The first-order chi connectivity index (χ1) is 14.0. The number of rotatable bonds is 7. The Balaban J connectivity index is 0.000000537. The molecule has 5 nitrogen and oxygen atoms in total. The molecule has 0 aliphatic rings. The molecule has 0 saturated carbocycles. The molecule has 3 rings (SSSR count). The molecule has 0 fully saturated rings. The normalized spacial score (nSPS) is 10.0. The maximum absolute atomic E-state index is 13.7. The van der Waals surface area contributed by atoms with E-state index in [-0.39, 0.29) is 23.6 Å². The van der Waals surface area contributed by atoms with Gasteiger partial charge in [0.05, 0.1) is 5.69 Å². The summed E-state index contributed by atoms with van der Waals surface area (Å²) in [4.78, 5) is 21.7. The lowest BCUT2D eigenvalue weighted by atomic mass is 10.1. The Morgan fingerprint density at radius 2 is 1.90 bits per heavy atom. The van der Waals surface area contributed by atoms with E-state index in [2.05, 4.69) is 10.1 Å². The monoisotopic (exact) mass is 419 g/mol. The number of aromatic carboxylic acids is 1. The Morgan fingerprint density at radius 3 is 2.45 bits per heavy atom. The fourth-order valence-electron chi connectivity index (χ4n) is 2.35. The molecule has 0 saturated heterocycles. The summed E-state index contributed by atoms with van der Waals surface area (Å²) in [6.45, 7) is 0.275. The zero-order chi connectivity index (χ0) is 21.2. The number of halogens is 2. The summed E-state index contributed by atoms with van der Waals surface area (Å²) in [5.41, 5.74) is 1.58. The van der Waals surface area contributed by atoms with Crippen LogP contribution in [-0.2, 0) is 16.1 Å². The lowest BCUT2D eigenvalue weighted by Crippen LogP contribution is -2.05. The van der Waals surface area contributed by atoms with Crippen molar-refractivity contribution in [3.05, 3.63) is 76.7 Å². The van der Waals surface area contributed by atoms with Crippen molar-refractivity contribution in [2.75, 3.05) is 19.0 Å². The van der Waals surface area contributed by atoms with Gasteiger partial charge in [-0.2, -0.15) is 0 Å². The maximum atomic E-state index is 13.7. The fraction of sp³-hybridized carbons (Fsp3) is 0.143. The van der Waals surface area contributed by atoms with Crippen LogP contribution in [0.15, 0.2) is 54.6 Å². The van der Waals surface area contributed by atoms with E-state index in [1.54, 1.807) is 6.07 Å². The highest BCUT2D eigenvalue weighted by Crippen LogP contribution is 2.35. The number of ether oxygens (including phenoxy) is 1. The van der Waals surface area contributed by atoms with Gasteiger partial charge in [0.2, 0.25) is 0 Å². The molecule has 0 aliphatic carbocycles. The van der Waals surface area contributed by atoms with Gasteiger partial charge in [0, 0.05) is 30.2 Å². The van der Waals surface area contributed by atoms with E-state index in [1.165, 1.54) is 19.2 Å². The highest BCUT2D eigenvalue weighted by Gasteiger charge is 2.16. The number of aldehydes is 1. The molecule has 29 heavy (non-hydrogen) atoms. The Hall–Kier alpha value is -3.10. The minimum atomic E-state index is -1.05. The SMILES string of the molecule is COCC=O.O=C(O)c1sc(-c2ccccc2)cc1NCc1ccc(F)cc1F. The van der Waals surface area contributed by atoms with Crippen LogP contribution in [0.2, 0.25) is 0 Å². The van der Waals surface area contributed by atoms with Gasteiger partial charge in [-0.25, -0.2) is 13.6 Å². The third kappa shape index (κ3) is 6.48. The van der Waals surface area contributed by atoms with Crippen LogP contribution in [-0.4, -0.2) is 31.1 Å². The number of carbonyl (C=O) groups excluding carboxylic acids is 1. The van der Waals surface area contributed by atoms with Crippen molar-refractivity contribution in [1.29, 1.82) is 0 Å². The zero-order valence-corrected chi connectivity index (χ0v) is 16.3. The van der Waals surface area contributed by atoms with Crippen LogP contribution >= 0.6 is 11.3 Å². The second-order valence-electron chi connectivity index (χ2n) is 5.74. The highest BCUT2D eigenvalue weighted by atomic mass is 32.1. The minimum absolute atomic E-state index is 0.0668. The van der Waals surface area contributed by atoms with Crippen LogP contribution in [0.4, 0.5) is 14.5 Å². The number of nitrogens with one attached hydrogen (secondary N) is 1. The number of carboxylic acid groups (broad SMARTS) is 1. The molecular formula is C21H19F2NO4S. The van der Waals surface area contributed by atoms with E-state index in [0.29, 0.717) is 12.0 Å². The van der Waals surface area contributed by atoms with Crippen LogP contribution < -0.4 is 5.32 Å². The maximum Gasteiger partial charge on any atom is 0.348 e. The van der Waals surface area contributed by atoms with Crippen molar-refractivity contribution in [3.8, 4) is 10.4 Å². The van der Waals surface area contributed by atoms with E-state index in [9.17, 15) is 23.5 Å². The van der Waals surface area contributed by atoms with Crippen LogP contribution in [0.1, 0.15) is 15.2 Å². The van der Waals surface area contributed by atoms with Crippen LogP contribution in [0.3, 0.4) is 0 Å². The van der Waals surface area contributed by atoms with E-state index in [4.69, 9.17) is 0 Å². The van der Waals surface area contributed by atoms with Crippen molar-refractivity contribution in [1.82, 2.24) is 0 Å². The minimum Gasteiger partial charge on any atom is -0.477 e. The molecule has 1 heterocycles. The van der Waals surface area contributed by atoms with Gasteiger partial charge >= 0.3 is 5.97 Å². The van der Waals surface area contributed by atoms with Gasteiger partial charge in [-0.3, -0.25) is 0 Å². The van der Waals surface area contributed by atoms with E-state index in [1.807, 2.05) is 30.3 Å². The number of anilines is 1. The summed E-state index contributed by atoms with van der Waals surface area (Å²) in [7, 11) is 1.48. The number of carbonyl (C=O) groups is 2. The third-order valence-electron chi connectivity index (χ3n) is 3.70. The van der Waals surface area contributed by atoms with Crippen LogP contribution in [0.5, 0.6) is 0 Å². The smallest absolute Gasteiger partial charge is 0.348 e. The number of methoxy groups -OCH3 is 1. The van der Waals surface area contributed by atoms with Crippen molar-refractivity contribution in [2.24, 2.45) is 0 Å². The van der Waals surface area contributed by atoms with Crippen molar-refractivity contribution in [3.63, 3.8) is 0 Å². The average molecular weight is 419 g/mol. The molecule has 0 atom stereocenters. The molecule has 152 valence electrons. The molecule has 3 aromatic rings. The molecule has 2 N–H and O–H groups in total. The second-order valence-corrected chi connectivity index (χ2v) is 6.79. The summed E-state index contributed by atoms with van der Waals surface area (Å²) in [6.07, 6.45) is 0.708. The van der Waals surface area contributed by atoms with E-state index in [0.717, 1.165) is 27.8 Å². The van der Waals surface area contributed by atoms with Crippen molar-refractivity contribution >= 4 is 29.3 Å². The van der Waals surface area contributed by atoms with Gasteiger partial charge in [0.15, 0.2) is 0 Å². The molecule has 0 amide bonds. The van der Waals surface area contributed by atoms with Gasteiger partial charge < -0.3 is 20.0 Å². The lowest BCUT2D eigenvalue weighted by Gasteiger charge is -2.07. The largest absolute Gasteiger partial charge is 0.477 e. The standard InChI is InChI=1S/C18H13F2NO2S.C3H6O2/c19-13-7-6-12(14(20)8-13)10-21-15-9-16(24-17(15)18(22)23)11-4-2-1-3-5-11;1-5-3-2-4/h1-9,21H,10H2,(H,22,23);2H,3H2,1H3. The second kappa shape index (κ2) is 11.0. The summed E-state index contributed by atoms with van der Waals surface area (Å²) < 4.78 is 30.9. The Labute approximate surface area is 170 Å². The van der Waals surface area contributed by atoms with Crippen molar-refractivity contribution < 1.29 is 28.2 Å². The number of carboxylic acids is 1. The molecule has 0 unspecified atom stereocenters. The number of benzene rings is 2. The number of hydrogen-bond donors (Lipinski definition) is 2. The topological polar surface area (TPSA) is 75.6 Å². The highest BCUT2D eigenvalue weighted by molar-refractivity contribution is 7.18. The lowest BCUT2D eigenvalue weighted by molar-refractivity contribution is -0.110. The molecule has 2 aromatic carbocycles. The van der Waals surface area contributed by atoms with E-state index >= 15 is 0 Å². The molecule has 0 spiro atoms. The molecule has 0 radical (unpaired) electrons. The molecular weight excluding hydrogens is 400 g/mol. The average Bonchev–Trinajstić information content (AvgIpc) is 3.14. The van der Waals surface area contributed by atoms with Crippen molar-refractivity contribution in [2.45, 2.75) is 6.54 Å². The Bertz CT molecular complexity index is 961. The number of thiophene rings is 1. The Morgan fingerprint density at radius 1 is 1.17 bits per heavy atom. The molecule has 8 heteroatoms. The van der Waals surface area contributed by atoms with Crippen LogP contribution in [0.25, 0.3) is 10.4 Å². The molecule has 0 bridgehead atoms.